The molecular weight excluding hydrogens is 821 g/mol. The third-order valence-corrected chi connectivity index (χ3v) is 16.5. The molecule has 4 aliphatic rings. The number of hydrogen-bond donors (Lipinski definition) is 0. The molecule has 0 unspecified atom stereocenters. The topological polar surface area (TPSA) is 27.7 Å². The van der Waals surface area contributed by atoms with E-state index < -0.39 is 23.3 Å². The minimum atomic E-state index is -0.929. The lowest BCUT2D eigenvalue weighted by Gasteiger charge is -2.38. The summed E-state index contributed by atoms with van der Waals surface area (Å²) in [4.78, 5) is 0. The van der Waals surface area contributed by atoms with Gasteiger partial charge in [0.2, 0.25) is 11.6 Å². The van der Waals surface area contributed by atoms with E-state index in [2.05, 4.69) is 27.7 Å². The van der Waals surface area contributed by atoms with E-state index >= 15 is 17.6 Å². The van der Waals surface area contributed by atoms with E-state index in [1.165, 1.54) is 77.0 Å². The Morgan fingerprint density at radius 1 is 0.446 bits per heavy atom. The normalized spacial score (nSPS) is 26.9. The van der Waals surface area contributed by atoms with Crippen molar-refractivity contribution >= 4 is 11.1 Å². The highest BCUT2D eigenvalue weighted by molar-refractivity contribution is 5.70. The van der Waals surface area contributed by atoms with Crippen molar-refractivity contribution in [3.8, 4) is 11.5 Å². The molecule has 3 nitrogen and oxygen atoms in total. The van der Waals surface area contributed by atoms with Gasteiger partial charge in [-0.15, -0.1) is 0 Å². The van der Waals surface area contributed by atoms with Crippen LogP contribution in [0, 0.1) is 70.6 Å². The zero-order valence-corrected chi connectivity index (χ0v) is 41.0. The highest BCUT2D eigenvalue weighted by atomic mass is 19.2. The van der Waals surface area contributed by atoms with E-state index in [0.717, 1.165) is 125 Å². The summed E-state index contributed by atoms with van der Waals surface area (Å²) in [5.41, 5.74) is 2.18. The minimum absolute atomic E-state index is 0.0360. The van der Waals surface area contributed by atoms with Gasteiger partial charge in [-0.1, -0.05) is 117 Å². The summed E-state index contributed by atoms with van der Waals surface area (Å²) >= 11 is 0. The summed E-state index contributed by atoms with van der Waals surface area (Å²) in [6.45, 7) is 9.90. The smallest absolute Gasteiger partial charge is 0.201 e. The quantitative estimate of drug-likeness (QED) is 0.0776. The molecule has 0 bridgehead atoms. The molecule has 7 heteroatoms. The Morgan fingerprint density at radius 2 is 0.800 bits per heavy atom. The number of halogens is 4. The zero-order valence-electron chi connectivity index (χ0n) is 41.0. The van der Waals surface area contributed by atoms with Gasteiger partial charge in [0.05, 0.1) is 26.4 Å². The van der Waals surface area contributed by atoms with Gasteiger partial charge in [0, 0.05) is 11.1 Å². The molecule has 0 atom stereocenters. The highest BCUT2D eigenvalue weighted by Crippen LogP contribution is 2.48. The Balaban J connectivity index is 1.18. The van der Waals surface area contributed by atoms with Gasteiger partial charge < -0.3 is 14.2 Å². The first-order chi connectivity index (χ1) is 31.8. The zero-order chi connectivity index (χ0) is 46.0. The van der Waals surface area contributed by atoms with Gasteiger partial charge in [-0.2, -0.15) is 8.78 Å². The number of unbranched alkanes of at least 4 members (excludes halogenated alkanes) is 4. The first-order valence-electron chi connectivity index (χ1n) is 27.0. The molecule has 0 saturated heterocycles. The number of rotatable bonds is 24. The van der Waals surface area contributed by atoms with Crippen LogP contribution in [0.5, 0.6) is 11.5 Å². The molecule has 0 aromatic heterocycles. The van der Waals surface area contributed by atoms with Crippen LogP contribution in [-0.4, -0.2) is 26.4 Å². The van der Waals surface area contributed by atoms with Crippen LogP contribution in [0.4, 0.5) is 17.6 Å². The van der Waals surface area contributed by atoms with Crippen LogP contribution >= 0.6 is 0 Å². The molecule has 4 aliphatic carbocycles. The fourth-order valence-electron chi connectivity index (χ4n) is 12.7. The molecule has 0 amide bonds. The molecule has 0 aliphatic heterocycles. The summed E-state index contributed by atoms with van der Waals surface area (Å²) in [5, 5.41) is 0. The fraction of sp³-hybridized carbons (Fsp3) is 0.724. The predicted octanol–water partition coefficient (Wildman–Crippen LogP) is 17.7. The molecule has 0 radical (unpaired) electrons. The summed E-state index contributed by atoms with van der Waals surface area (Å²) in [6, 6.07) is 6.57. The second-order valence-corrected chi connectivity index (χ2v) is 20.8. The molecule has 0 spiro atoms. The van der Waals surface area contributed by atoms with Crippen molar-refractivity contribution in [2.45, 2.75) is 195 Å². The standard InChI is InChI=1S/C58H86F4O3/c1-5-9-11-37-64-53-33-31-51(55(59)57(53)61)49(47-27-23-45(24-28-47)43-19-15-41(13-7-3)16-20-43)35-39-63-40-36-50(52-32-34-54(58(62)56(52)60)65-38-12-10-6-2)48-29-25-46(26-30-48)44-21-17-42(14-8-4)18-22-44/h31-36,41-48H,5-30,37-40H2,1-4H3/t41-,42-,43-,44-,45-,46-,47-,48-. The van der Waals surface area contributed by atoms with Gasteiger partial charge in [0.1, 0.15) is 0 Å². The Morgan fingerprint density at radius 3 is 1.14 bits per heavy atom. The lowest BCUT2D eigenvalue weighted by atomic mass is 9.67. The van der Waals surface area contributed by atoms with Crippen LogP contribution in [-0.2, 0) is 4.74 Å². The molecule has 4 fully saturated rings. The summed E-state index contributed by atoms with van der Waals surface area (Å²) in [6.07, 6.45) is 33.6. The lowest BCUT2D eigenvalue weighted by Crippen LogP contribution is -2.26. The van der Waals surface area contributed by atoms with Gasteiger partial charge in [0.15, 0.2) is 23.1 Å². The number of ether oxygens (including phenoxy) is 3. The van der Waals surface area contributed by atoms with Crippen molar-refractivity contribution in [2.24, 2.45) is 47.3 Å². The van der Waals surface area contributed by atoms with E-state index in [0.29, 0.717) is 25.0 Å². The van der Waals surface area contributed by atoms with Crippen molar-refractivity contribution < 1.29 is 31.8 Å². The minimum Gasteiger partial charge on any atom is -0.490 e. The molecular formula is C58H86F4O3. The van der Waals surface area contributed by atoms with Gasteiger partial charge in [-0.25, -0.2) is 8.78 Å². The maximum Gasteiger partial charge on any atom is 0.201 e. The Labute approximate surface area is 392 Å². The molecule has 2 aromatic carbocycles. The predicted molar refractivity (Wildman–Crippen MR) is 261 cm³/mol. The van der Waals surface area contributed by atoms with Gasteiger partial charge in [-0.3, -0.25) is 0 Å². The molecule has 4 saturated carbocycles. The lowest BCUT2D eigenvalue weighted by molar-refractivity contribution is 0.153. The maximum absolute atomic E-state index is 16.2. The molecule has 0 N–H and O–H groups in total. The van der Waals surface area contributed by atoms with Crippen LogP contribution < -0.4 is 9.47 Å². The molecule has 65 heavy (non-hydrogen) atoms. The van der Waals surface area contributed by atoms with Crippen molar-refractivity contribution in [1.29, 1.82) is 0 Å². The highest BCUT2D eigenvalue weighted by Gasteiger charge is 2.35. The molecule has 0 heterocycles. The number of hydrogen-bond acceptors (Lipinski definition) is 3. The summed E-state index contributed by atoms with van der Waals surface area (Å²) in [5.74, 6) is 1.23. The van der Waals surface area contributed by atoms with Crippen molar-refractivity contribution in [3.05, 3.63) is 70.8 Å². The van der Waals surface area contributed by atoms with Crippen LogP contribution in [0.1, 0.15) is 206 Å². The number of allylic oxidation sites excluding steroid dienone is 2. The van der Waals surface area contributed by atoms with Gasteiger partial charge in [-0.05, 0) is 173 Å². The first kappa shape index (κ1) is 51.6. The van der Waals surface area contributed by atoms with Crippen LogP contribution in [0.2, 0.25) is 0 Å². The van der Waals surface area contributed by atoms with Crippen molar-refractivity contribution in [2.75, 3.05) is 26.4 Å². The molecule has 6 rings (SSSR count). The van der Waals surface area contributed by atoms with Crippen LogP contribution in [0.3, 0.4) is 0 Å². The third kappa shape index (κ3) is 14.6. The SMILES string of the molecule is CCCCCOc1ccc(C(=CCOCC=C(c2ccc(OCCCCC)c(F)c2F)[C@H]2CC[C@H]([C@H]3CC[C@H](CCC)CC3)CC2)[C@H]2CC[C@H]([C@H]3CC[C@H](CCC)CC3)CC2)c(F)c1F. The maximum atomic E-state index is 16.2. The van der Waals surface area contributed by atoms with E-state index in [-0.39, 0.29) is 47.7 Å². The Kier molecular flexibility index (Phi) is 21.6. The molecule has 364 valence electrons. The molecule has 2 aromatic rings. The fourth-order valence-corrected chi connectivity index (χ4v) is 12.7. The Hall–Kier alpha value is -2.80. The Bertz CT molecular complexity index is 1630. The second-order valence-electron chi connectivity index (χ2n) is 20.8. The largest absolute Gasteiger partial charge is 0.490 e. The van der Waals surface area contributed by atoms with Gasteiger partial charge >= 0.3 is 0 Å². The second kappa shape index (κ2) is 27.3. The average Bonchev–Trinajstić information content (AvgIpc) is 3.33. The van der Waals surface area contributed by atoms with E-state index in [9.17, 15) is 0 Å². The van der Waals surface area contributed by atoms with Crippen LogP contribution in [0.25, 0.3) is 11.1 Å². The monoisotopic (exact) mass is 907 g/mol. The summed E-state index contributed by atoms with van der Waals surface area (Å²) in [7, 11) is 0. The third-order valence-electron chi connectivity index (χ3n) is 16.5. The summed E-state index contributed by atoms with van der Waals surface area (Å²) < 4.78 is 81.4. The average molecular weight is 907 g/mol. The van der Waals surface area contributed by atoms with E-state index in [1.54, 1.807) is 24.3 Å². The van der Waals surface area contributed by atoms with Gasteiger partial charge in [0.25, 0.3) is 0 Å². The number of benzene rings is 2. The first-order valence-corrected chi connectivity index (χ1v) is 27.0. The van der Waals surface area contributed by atoms with E-state index in [1.807, 2.05) is 12.2 Å². The van der Waals surface area contributed by atoms with Crippen LogP contribution in [0.15, 0.2) is 36.4 Å². The van der Waals surface area contributed by atoms with Crippen molar-refractivity contribution in [3.63, 3.8) is 0 Å². The van der Waals surface area contributed by atoms with E-state index in [4.69, 9.17) is 14.2 Å². The van der Waals surface area contributed by atoms with Crippen molar-refractivity contribution in [1.82, 2.24) is 0 Å².